The monoisotopic (exact) mass is 345 g/mol. The first-order valence-electron chi connectivity index (χ1n) is 6.39. The number of nitrogens with one attached hydrogen (secondary N) is 1. The molecule has 0 aliphatic carbocycles. The van der Waals surface area contributed by atoms with Crippen molar-refractivity contribution >= 4 is 38.3 Å². The van der Waals surface area contributed by atoms with Gasteiger partial charge in [0.15, 0.2) is 0 Å². The average molecular weight is 346 g/mol. The van der Waals surface area contributed by atoms with E-state index in [-0.39, 0.29) is 11.8 Å². The van der Waals surface area contributed by atoms with Crippen LogP contribution in [0.2, 0.25) is 5.02 Å². The van der Waals surface area contributed by atoms with E-state index in [1.807, 2.05) is 6.92 Å². The van der Waals surface area contributed by atoms with Crippen molar-refractivity contribution in [3.8, 4) is 11.8 Å². The number of benzene rings is 1. The number of nitrogens with zero attached hydrogens (tertiary/aromatic N) is 2. The molecule has 0 saturated heterocycles. The van der Waals surface area contributed by atoms with Crippen molar-refractivity contribution in [1.29, 1.82) is 0 Å². The second-order valence-corrected chi connectivity index (χ2v) is 6.71. The van der Waals surface area contributed by atoms with Crippen LogP contribution in [0.25, 0.3) is 11.0 Å². The molecule has 7 nitrogen and oxygen atoms in total. The SMILES string of the molecule is CCc1c(Cl)cc2nc(OC)c(OC)nc2c1NS(C)(=O)=O. The fourth-order valence-electron chi connectivity index (χ4n) is 2.08. The number of anilines is 1. The maximum absolute atomic E-state index is 11.6. The van der Waals surface area contributed by atoms with Gasteiger partial charge in [-0.1, -0.05) is 18.5 Å². The Labute approximate surface area is 133 Å². The van der Waals surface area contributed by atoms with Gasteiger partial charge < -0.3 is 9.47 Å². The third kappa shape index (κ3) is 3.17. The fraction of sp³-hybridized carbons (Fsp3) is 0.385. The summed E-state index contributed by atoms with van der Waals surface area (Å²) in [5.41, 5.74) is 1.71. The van der Waals surface area contributed by atoms with Gasteiger partial charge >= 0.3 is 0 Å². The van der Waals surface area contributed by atoms with Crippen LogP contribution in [0.3, 0.4) is 0 Å². The van der Waals surface area contributed by atoms with Crippen molar-refractivity contribution in [2.45, 2.75) is 13.3 Å². The first-order chi connectivity index (χ1) is 10.3. The molecule has 9 heteroatoms. The van der Waals surface area contributed by atoms with Crippen LogP contribution < -0.4 is 14.2 Å². The van der Waals surface area contributed by atoms with Crippen LogP contribution in [0.15, 0.2) is 6.07 Å². The molecule has 0 aliphatic rings. The van der Waals surface area contributed by atoms with E-state index in [4.69, 9.17) is 21.1 Å². The Morgan fingerprint density at radius 2 is 1.82 bits per heavy atom. The number of hydrogen-bond acceptors (Lipinski definition) is 6. The van der Waals surface area contributed by atoms with E-state index in [1.54, 1.807) is 6.07 Å². The zero-order valence-corrected chi connectivity index (χ0v) is 14.2. The van der Waals surface area contributed by atoms with Gasteiger partial charge in [0.05, 0.1) is 31.7 Å². The largest absolute Gasteiger partial charge is 0.477 e. The molecule has 0 saturated carbocycles. The van der Waals surface area contributed by atoms with Crippen LogP contribution in [0.4, 0.5) is 5.69 Å². The highest BCUT2D eigenvalue weighted by molar-refractivity contribution is 7.92. The summed E-state index contributed by atoms with van der Waals surface area (Å²) in [7, 11) is -0.632. The van der Waals surface area contributed by atoms with Gasteiger partial charge in [-0.3, -0.25) is 4.72 Å². The molecule has 2 aromatic rings. The highest BCUT2D eigenvalue weighted by Crippen LogP contribution is 2.36. The zero-order chi connectivity index (χ0) is 16.5. The zero-order valence-electron chi connectivity index (χ0n) is 12.6. The van der Waals surface area contributed by atoms with E-state index in [0.717, 1.165) is 6.26 Å². The number of ether oxygens (including phenoxy) is 2. The Bertz CT molecular complexity index is 824. The molecule has 1 aromatic heterocycles. The van der Waals surface area contributed by atoms with Crippen molar-refractivity contribution in [2.24, 2.45) is 0 Å². The van der Waals surface area contributed by atoms with Gasteiger partial charge in [-0.2, -0.15) is 0 Å². The minimum Gasteiger partial charge on any atom is -0.477 e. The van der Waals surface area contributed by atoms with E-state index in [0.29, 0.717) is 33.7 Å². The quantitative estimate of drug-likeness (QED) is 0.893. The maximum Gasteiger partial charge on any atom is 0.278 e. The van der Waals surface area contributed by atoms with Crippen LogP contribution in [0, 0.1) is 0 Å². The number of halogens is 1. The van der Waals surface area contributed by atoms with Gasteiger partial charge in [0, 0.05) is 5.02 Å². The molecule has 1 aromatic carbocycles. The summed E-state index contributed by atoms with van der Waals surface area (Å²) in [6.07, 6.45) is 1.59. The van der Waals surface area contributed by atoms with Gasteiger partial charge in [0.1, 0.15) is 5.52 Å². The Morgan fingerprint density at radius 1 is 1.23 bits per heavy atom. The van der Waals surface area contributed by atoms with Crippen LogP contribution in [0.5, 0.6) is 11.8 Å². The van der Waals surface area contributed by atoms with E-state index in [2.05, 4.69) is 14.7 Å². The molecule has 120 valence electrons. The highest BCUT2D eigenvalue weighted by atomic mass is 35.5. The molecule has 0 unspecified atom stereocenters. The molecule has 0 radical (unpaired) electrons. The Morgan fingerprint density at radius 3 is 2.32 bits per heavy atom. The molecule has 1 N–H and O–H groups in total. The smallest absolute Gasteiger partial charge is 0.278 e. The van der Waals surface area contributed by atoms with E-state index in [9.17, 15) is 8.42 Å². The van der Waals surface area contributed by atoms with Crippen LogP contribution in [-0.4, -0.2) is 38.9 Å². The third-order valence-corrected chi connectivity index (χ3v) is 3.89. The molecule has 0 aliphatic heterocycles. The van der Waals surface area contributed by atoms with Crippen molar-refractivity contribution in [3.05, 3.63) is 16.7 Å². The Kier molecular flexibility index (Phi) is 4.62. The lowest BCUT2D eigenvalue weighted by molar-refractivity contribution is 0.334. The van der Waals surface area contributed by atoms with Crippen molar-refractivity contribution in [2.75, 3.05) is 25.2 Å². The summed E-state index contributed by atoms with van der Waals surface area (Å²) >= 11 is 6.23. The van der Waals surface area contributed by atoms with Gasteiger partial charge in [-0.15, -0.1) is 0 Å². The molecule has 0 spiro atoms. The fourth-order valence-corrected chi connectivity index (χ4v) is 3.00. The molecule has 1 heterocycles. The lowest BCUT2D eigenvalue weighted by Gasteiger charge is -2.15. The van der Waals surface area contributed by atoms with E-state index < -0.39 is 10.0 Å². The van der Waals surface area contributed by atoms with Crippen molar-refractivity contribution in [3.63, 3.8) is 0 Å². The van der Waals surface area contributed by atoms with E-state index in [1.165, 1.54) is 14.2 Å². The minimum atomic E-state index is -3.50. The number of fused-ring (bicyclic) bond motifs is 1. The van der Waals surface area contributed by atoms with Gasteiger partial charge in [0.25, 0.3) is 11.8 Å². The number of sulfonamides is 1. The number of hydrogen-bond donors (Lipinski definition) is 1. The predicted molar refractivity (Wildman–Crippen MR) is 85.5 cm³/mol. The molecular formula is C13H16ClN3O4S. The summed E-state index contributed by atoms with van der Waals surface area (Å²) in [6, 6.07) is 1.62. The molecule has 22 heavy (non-hydrogen) atoms. The van der Waals surface area contributed by atoms with Gasteiger partial charge in [-0.25, -0.2) is 18.4 Å². The number of rotatable bonds is 5. The lowest BCUT2D eigenvalue weighted by atomic mass is 10.1. The van der Waals surface area contributed by atoms with Crippen molar-refractivity contribution in [1.82, 2.24) is 9.97 Å². The standard InChI is InChI=1S/C13H16ClN3O4S/c1-5-7-8(14)6-9-11(10(7)17-22(4,18)19)16-13(21-3)12(15-9)20-2/h6,17H,5H2,1-4H3. The molecule has 0 atom stereocenters. The summed E-state index contributed by atoms with van der Waals surface area (Å²) in [5.74, 6) is 0.358. The summed E-state index contributed by atoms with van der Waals surface area (Å²) in [4.78, 5) is 8.57. The summed E-state index contributed by atoms with van der Waals surface area (Å²) in [6.45, 7) is 1.87. The van der Waals surface area contributed by atoms with Crippen LogP contribution in [0.1, 0.15) is 12.5 Å². The first-order valence-corrected chi connectivity index (χ1v) is 8.66. The number of methoxy groups -OCH3 is 2. The maximum atomic E-state index is 11.6. The van der Waals surface area contributed by atoms with Crippen molar-refractivity contribution < 1.29 is 17.9 Å². The normalized spacial score (nSPS) is 11.5. The number of aromatic nitrogens is 2. The Hall–Kier alpha value is -1.80. The molecule has 0 bridgehead atoms. The second-order valence-electron chi connectivity index (χ2n) is 4.55. The molecule has 2 rings (SSSR count). The molecule has 0 fully saturated rings. The first kappa shape index (κ1) is 16.6. The molecule has 0 amide bonds. The topological polar surface area (TPSA) is 90.4 Å². The molecular weight excluding hydrogens is 330 g/mol. The summed E-state index contributed by atoms with van der Waals surface area (Å²) < 4.78 is 36.0. The Balaban J connectivity index is 2.87. The third-order valence-electron chi connectivity index (χ3n) is 2.98. The van der Waals surface area contributed by atoms with E-state index >= 15 is 0 Å². The average Bonchev–Trinajstić information content (AvgIpc) is 2.44. The highest BCUT2D eigenvalue weighted by Gasteiger charge is 2.19. The van der Waals surface area contributed by atoms with Gasteiger partial charge in [0.2, 0.25) is 10.0 Å². The van der Waals surface area contributed by atoms with Crippen LogP contribution >= 0.6 is 11.6 Å². The van der Waals surface area contributed by atoms with Crippen LogP contribution in [-0.2, 0) is 16.4 Å². The predicted octanol–water partition coefficient (Wildman–Crippen LogP) is 2.23. The lowest BCUT2D eigenvalue weighted by Crippen LogP contribution is -2.13. The van der Waals surface area contributed by atoms with Gasteiger partial charge in [-0.05, 0) is 18.1 Å². The second kappa shape index (κ2) is 6.13. The minimum absolute atomic E-state index is 0.163. The summed E-state index contributed by atoms with van der Waals surface area (Å²) in [5, 5.41) is 0.405.